The Morgan fingerprint density at radius 1 is 1.52 bits per heavy atom. The van der Waals surface area contributed by atoms with E-state index in [2.05, 4.69) is 22.5 Å². The molecule has 0 aliphatic carbocycles. The third kappa shape index (κ3) is 2.50. The molecule has 0 radical (unpaired) electrons. The van der Waals surface area contributed by atoms with E-state index in [1.807, 2.05) is 18.2 Å². The number of nitrogens with one attached hydrogen (secondary N) is 2. The lowest BCUT2D eigenvalue weighted by Crippen LogP contribution is -2.49. The molecule has 0 bridgehead atoms. The van der Waals surface area contributed by atoms with Crippen LogP contribution < -0.4 is 15.5 Å². The Hall–Kier alpha value is -1.63. The molecule has 6 heteroatoms. The Morgan fingerprint density at radius 3 is 3.05 bits per heavy atom. The second kappa shape index (κ2) is 5.63. The van der Waals surface area contributed by atoms with Gasteiger partial charge in [-0.1, -0.05) is 6.07 Å². The molecular weight excluding hydrogens is 270 g/mol. The number of aliphatic hydroxyl groups is 1. The third-order valence-electron chi connectivity index (χ3n) is 4.20. The molecule has 2 heterocycles. The largest absolute Gasteiger partial charge is 0.394 e. The van der Waals surface area contributed by atoms with Crippen LogP contribution in [0.15, 0.2) is 18.2 Å². The number of likely N-dealkylation sites (N-methyl/N-ethyl adjacent to an activating group) is 1. The van der Waals surface area contributed by atoms with Gasteiger partial charge in [0.15, 0.2) is 0 Å². The molecule has 0 spiro atoms. The number of fused-ring (bicyclic) bond motifs is 1. The van der Waals surface area contributed by atoms with Gasteiger partial charge >= 0.3 is 0 Å². The van der Waals surface area contributed by atoms with E-state index in [0.29, 0.717) is 13.2 Å². The molecule has 3 rings (SSSR count). The average Bonchev–Trinajstić information content (AvgIpc) is 2.81. The van der Waals surface area contributed by atoms with Crippen LogP contribution in [0, 0.1) is 0 Å². The number of morpholine rings is 1. The molecule has 0 aromatic heterocycles. The van der Waals surface area contributed by atoms with Gasteiger partial charge in [-0.15, -0.1) is 0 Å². The lowest BCUT2D eigenvalue weighted by atomic mass is 10.1. The van der Waals surface area contributed by atoms with Crippen LogP contribution in [-0.4, -0.2) is 50.0 Å². The Bertz CT molecular complexity index is 549. The van der Waals surface area contributed by atoms with Crippen molar-refractivity contribution in [1.82, 2.24) is 5.32 Å². The number of carbonyl (C=O) groups excluding carboxylic acids is 1. The van der Waals surface area contributed by atoms with Gasteiger partial charge < -0.3 is 25.4 Å². The Balaban J connectivity index is 1.87. The van der Waals surface area contributed by atoms with Gasteiger partial charge in [-0.2, -0.15) is 0 Å². The van der Waals surface area contributed by atoms with E-state index >= 15 is 0 Å². The molecule has 3 atom stereocenters. The van der Waals surface area contributed by atoms with Gasteiger partial charge in [-0.05, 0) is 26.1 Å². The molecule has 1 fully saturated rings. The second-order valence-corrected chi connectivity index (χ2v) is 5.62. The predicted octanol–water partition coefficient (Wildman–Crippen LogP) is 0.485. The minimum atomic E-state index is -0.277. The minimum absolute atomic E-state index is 0.0205. The zero-order valence-corrected chi connectivity index (χ0v) is 12.3. The second-order valence-electron chi connectivity index (χ2n) is 5.62. The highest BCUT2D eigenvalue weighted by molar-refractivity contribution is 6.03. The maximum absolute atomic E-state index is 11.9. The Labute approximate surface area is 124 Å². The van der Waals surface area contributed by atoms with Gasteiger partial charge in [0.2, 0.25) is 5.91 Å². The zero-order valence-electron chi connectivity index (χ0n) is 12.3. The van der Waals surface area contributed by atoms with Crippen LogP contribution in [0.1, 0.15) is 18.5 Å². The molecule has 1 amide bonds. The first kappa shape index (κ1) is 14.3. The summed E-state index contributed by atoms with van der Waals surface area (Å²) in [5, 5.41) is 15.2. The number of ether oxygens (including phenoxy) is 1. The summed E-state index contributed by atoms with van der Waals surface area (Å²) in [5.41, 5.74) is 2.88. The van der Waals surface area contributed by atoms with Crippen molar-refractivity contribution in [1.29, 1.82) is 0 Å². The normalized spacial score (nSPS) is 28.4. The number of carbonyl (C=O) groups is 1. The third-order valence-corrected chi connectivity index (χ3v) is 4.20. The predicted molar refractivity (Wildman–Crippen MR) is 80.5 cm³/mol. The summed E-state index contributed by atoms with van der Waals surface area (Å²) in [4.78, 5) is 14.1. The molecular formula is C15H21N3O3. The van der Waals surface area contributed by atoms with Gasteiger partial charge in [0, 0.05) is 29.5 Å². The van der Waals surface area contributed by atoms with E-state index in [-0.39, 0.29) is 30.7 Å². The first-order valence-corrected chi connectivity index (χ1v) is 7.25. The van der Waals surface area contributed by atoms with Crippen LogP contribution >= 0.6 is 0 Å². The van der Waals surface area contributed by atoms with E-state index in [9.17, 15) is 9.90 Å². The Morgan fingerprint density at radius 2 is 2.33 bits per heavy atom. The first-order chi connectivity index (χ1) is 10.1. The van der Waals surface area contributed by atoms with Gasteiger partial charge in [0.05, 0.1) is 19.3 Å². The van der Waals surface area contributed by atoms with Crippen LogP contribution in [0.2, 0.25) is 0 Å². The van der Waals surface area contributed by atoms with Crippen molar-refractivity contribution in [2.24, 2.45) is 0 Å². The van der Waals surface area contributed by atoms with Crippen molar-refractivity contribution < 1.29 is 14.6 Å². The summed E-state index contributed by atoms with van der Waals surface area (Å²) in [6.07, 6.45) is -0.158. The molecule has 2 aliphatic rings. The van der Waals surface area contributed by atoms with Gasteiger partial charge in [-0.25, -0.2) is 0 Å². The van der Waals surface area contributed by atoms with E-state index in [4.69, 9.17) is 4.74 Å². The molecule has 114 valence electrons. The highest BCUT2D eigenvalue weighted by Gasteiger charge is 2.31. The number of hydrogen-bond acceptors (Lipinski definition) is 5. The highest BCUT2D eigenvalue weighted by atomic mass is 16.5. The molecule has 1 aromatic rings. The average molecular weight is 291 g/mol. The fourth-order valence-corrected chi connectivity index (χ4v) is 3.00. The summed E-state index contributed by atoms with van der Waals surface area (Å²) in [6.45, 7) is 3.36. The molecule has 2 aliphatic heterocycles. The standard InChI is InChI=1S/C15H21N3O3/c1-9-8-21-11(7-19)6-18(9)10-3-4-12-13(5-10)17-15(20)14(12)16-2/h3-5,9,11,14,16,19H,6-8H2,1-2H3,(H,17,20). The zero-order chi connectivity index (χ0) is 15.0. The molecule has 1 aromatic carbocycles. The molecule has 3 N–H and O–H groups in total. The van der Waals surface area contributed by atoms with E-state index < -0.39 is 0 Å². The lowest BCUT2D eigenvalue weighted by Gasteiger charge is -2.39. The van der Waals surface area contributed by atoms with Crippen LogP contribution in [0.4, 0.5) is 11.4 Å². The number of amides is 1. The monoisotopic (exact) mass is 291 g/mol. The molecule has 21 heavy (non-hydrogen) atoms. The molecule has 1 saturated heterocycles. The fraction of sp³-hybridized carbons (Fsp3) is 0.533. The van der Waals surface area contributed by atoms with Gasteiger partial charge in [0.1, 0.15) is 6.04 Å². The topological polar surface area (TPSA) is 73.8 Å². The summed E-state index contributed by atoms with van der Waals surface area (Å²) in [5.74, 6) is -0.0205. The highest BCUT2D eigenvalue weighted by Crippen LogP contribution is 2.35. The summed E-state index contributed by atoms with van der Waals surface area (Å²) in [7, 11) is 1.78. The van der Waals surface area contributed by atoms with E-state index in [1.54, 1.807) is 7.05 Å². The van der Waals surface area contributed by atoms with Crippen molar-refractivity contribution >= 4 is 17.3 Å². The summed E-state index contributed by atoms with van der Waals surface area (Å²) < 4.78 is 5.56. The number of anilines is 2. The quantitative estimate of drug-likeness (QED) is 0.755. The van der Waals surface area contributed by atoms with Crippen LogP contribution in [0.5, 0.6) is 0 Å². The van der Waals surface area contributed by atoms with Gasteiger partial charge in [0.25, 0.3) is 0 Å². The number of aliphatic hydroxyl groups excluding tert-OH is 1. The molecule has 0 saturated carbocycles. The van der Waals surface area contributed by atoms with Crippen LogP contribution in [0.25, 0.3) is 0 Å². The number of nitrogens with zero attached hydrogens (tertiary/aromatic N) is 1. The number of hydrogen-bond donors (Lipinski definition) is 3. The van der Waals surface area contributed by atoms with Crippen LogP contribution in [-0.2, 0) is 9.53 Å². The SMILES string of the molecule is CNC1C(=O)Nc2cc(N3CC(CO)OCC3C)ccc21. The smallest absolute Gasteiger partial charge is 0.246 e. The number of rotatable bonds is 3. The van der Waals surface area contributed by atoms with Crippen molar-refractivity contribution in [3.05, 3.63) is 23.8 Å². The molecule has 3 unspecified atom stereocenters. The van der Waals surface area contributed by atoms with Crippen molar-refractivity contribution in [2.45, 2.75) is 25.1 Å². The van der Waals surface area contributed by atoms with Crippen molar-refractivity contribution in [3.8, 4) is 0 Å². The van der Waals surface area contributed by atoms with Crippen molar-refractivity contribution in [3.63, 3.8) is 0 Å². The lowest BCUT2D eigenvalue weighted by molar-refractivity contribution is -0.117. The first-order valence-electron chi connectivity index (χ1n) is 7.25. The summed E-state index contributed by atoms with van der Waals surface area (Å²) in [6, 6.07) is 5.98. The maximum atomic E-state index is 11.9. The van der Waals surface area contributed by atoms with Crippen molar-refractivity contribution in [2.75, 3.05) is 37.0 Å². The molecule has 6 nitrogen and oxygen atoms in total. The Kier molecular flexibility index (Phi) is 3.84. The maximum Gasteiger partial charge on any atom is 0.246 e. The summed E-state index contributed by atoms with van der Waals surface area (Å²) >= 11 is 0. The minimum Gasteiger partial charge on any atom is -0.394 e. The van der Waals surface area contributed by atoms with E-state index in [1.165, 1.54) is 0 Å². The fourth-order valence-electron chi connectivity index (χ4n) is 3.00. The van der Waals surface area contributed by atoms with E-state index in [0.717, 1.165) is 16.9 Å². The van der Waals surface area contributed by atoms with Crippen LogP contribution in [0.3, 0.4) is 0 Å². The van der Waals surface area contributed by atoms with Gasteiger partial charge in [-0.3, -0.25) is 4.79 Å². The number of benzene rings is 1.